The van der Waals surface area contributed by atoms with Gasteiger partial charge in [0.25, 0.3) is 0 Å². The van der Waals surface area contributed by atoms with E-state index in [-0.39, 0.29) is 17.5 Å². The molecule has 94 valence electrons. The number of hydrogen-bond donors (Lipinski definition) is 1. The van der Waals surface area contributed by atoms with Crippen LogP contribution in [0.5, 0.6) is 11.5 Å². The Morgan fingerprint density at radius 1 is 1.22 bits per heavy atom. The number of aromatic nitrogens is 2. The second-order valence-corrected chi connectivity index (χ2v) is 3.74. The number of halogens is 2. The maximum absolute atomic E-state index is 13.3. The van der Waals surface area contributed by atoms with Crippen molar-refractivity contribution in [3.8, 4) is 11.5 Å². The second-order valence-electron chi connectivity index (χ2n) is 3.74. The van der Waals surface area contributed by atoms with Crippen LogP contribution in [0.2, 0.25) is 0 Å². The molecule has 18 heavy (non-hydrogen) atoms. The van der Waals surface area contributed by atoms with Crippen LogP contribution in [0.25, 0.3) is 0 Å². The van der Waals surface area contributed by atoms with E-state index in [9.17, 15) is 8.78 Å². The van der Waals surface area contributed by atoms with E-state index in [2.05, 4.69) is 9.97 Å². The fourth-order valence-corrected chi connectivity index (χ4v) is 1.30. The highest BCUT2D eigenvalue weighted by atomic mass is 19.1. The highest BCUT2D eigenvalue weighted by Crippen LogP contribution is 2.24. The first-order chi connectivity index (χ1) is 8.56. The van der Waals surface area contributed by atoms with Crippen LogP contribution in [0.15, 0.2) is 30.6 Å². The van der Waals surface area contributed by atoms with Crippen LogP contribution in [-0.2, 0) is 0 Å². The van der Waals surface area contributed by atoms with Crippen molar-refractivity contribution >= 4 is 0 Å². The molecule has 4 nitrogen and oxygen atoms in total. The fraction of sp³-hybridized carbons (Fsp3) is 0.167. The summed E-state index contributed by atoms with van der Waals surface area (Å²) in [6.07, 6.45) is 2.77. The minimum absolute atomic E-state index is 0.0893. The topological polar surface area (TPSA) is 61.0 Å². The van der Waals surface area contributed by atoms with Crippen LogP contribution in [-0.4, -0.2) is 9.97 Å². The number of benzene rings is 1. The van der Waals surface area contributed by atoms with Crippen molar-refractivity contribution < 1.29 is 13.5 Å². The quantitative estimate of drug-likeness (QED) is 0.910. The lowest BCUT2D eigenvalue weighted by Crippen LogP contribution is -2.09. The third-order valence-corrected chi connectivity index (χ3v) is 2.18. The number of hydrogen-bond acceptors (Lipinski definition) is 4. The maximum Gasteiger partial charge on any atom is 0.168 e. The summed E-state index contributed by atoms with van der Waals surface area (Å²) in [7, 11) is 0. The van der Waals surface area contributed by atoms with E-state index < -0.39 is 11.6 Å². The van der Waals surface area contributed by atoms with E-state index in [4.69, 9.17) is 10.5 Å². The summed E-state index contributed by atoms with van der Waals surface area (Å²) >= 11 is 0. The van der Waals surface area contributed by atoms with Gasteiger partial charge in [-0.2, -0.15) is 0 Å². The molecule has 0 saturated carbocycles. The number of nitrogens with zero attached hydrogens (tertiary/aromatic N) is 2. The van der Waals surface area contributed by atoms with Crippen LogP contribution in [0, 0.1) is 11.6 Å². The monoisotopic (exact) mass is 251 g/mol. The molecule has 1 heterocycles. The number of rotatable bonds is 3. The first-order valence-corrected chi connectivity index (χ1v) is 5.26. The van der Waals surface area contributed by atoms with E-state index in [0.29, 0.717) is 5.82 Å². The molecule has 6 heteroatoms. The van der Waals surface area contributed by atoms with Crippen molar-refractivity contribution in [3.63, 3.8) is 0 Å². The molecule has 0 spiro atoms. The largest absolute Gasteiger partial charge is 0.451 e. The lowest BCUT2D eigenvalue weighted by Gasteiger charge is -2.07. The van der Waals surface area contributed by atoms with Gasteiger partial charge in [0.1, 0.15) is 11.6 Å². The summed E-state index contributed by atoms with van der Waals surface area (Å²) < 4.78 is 31.2. The summed E-state index contributed by atoms with van der Waals surface area (Å²) in [6.45, 7) is 1.75. The molecule has 0 fully saturated rings. The van der Waals surface area contributed by atoms with Gasteiger partial charge >= 0.3 is 0 Å². The summed E-state index contributed by atoms with van der Waals surface area (Å²) in [6, 6.07) is 2.76. The molecule has 1 unspecified atom stereocenters. The standard InChI is InChI=1S/C12H11F2N3O/c1-7(15)12-16-5-9(6-17-12)18-11-3-2-8(13)4-10(11)14/h2-7H,15H2,1H3. The molecule has 0 aliphatic rings. The van der Waals surface area contributed by atoms with Crippen LogP contribution in [0.3, 0.4) is 0 Å². The Bertz CT molecular complexity index is 544. The Morgan fingerprint density at radius 2 is 1.89 bits per heavy atom. The smallest absolute Gasteiger partial charge is 0.168 e. The molecule has 0 radical (unpaired) electrons. The first kappa shape index (κ1) is 12.4. The van der Waals surface area contributed by atoms with Crippen LogP contribution in [0.1, 0.15) is 18.8 Å². The molecule has 2 N–H and O–H groups in total. The summed E-state index contributed by atoms with van der Waals surface area (Å²) in [5.41, 5.74) is 5.59. The average molecular weight is 251 g/mol. The third-order valence-electron chi connectivity index (χ3n) is 2.18. The molecule has 0 aliphatic heterocycles. The zero-order chi connectivity index (χ0) is 13.1. The van der Waals surface area contributed by atoms with Gasteiger partial charge in [0.2, 0.25) is 0 Å². The molecule has 1 aromatic heterocycles. The zero-order valence-electron chi connectivity index (χ0n) is 9.60. The minimum Gasteiger partial charge on any atom is -0.451 e. The van der Waals surface area contributed by atoms with Crippen molar-refractivity contribution in [2.75, 3.05) is 0 Å². The molecule has 0 bridgehead atoms. The van der Waals surface area contributed by atoms with E-state index in [1.54, 1.807) is 6.92 Å². The van der Waals surface area contributed by atoms with Crippen LogP contribution < -0.4 is 10.5 Å². The van der Waals surface area contributed by atoms with Gasteiger partial charge in [-0.25, -0.2) is 18.7 Å². The summed E-state index contributed by atoms with van der Waals surface area (Å²) in [5, 5.41) is 0. The van der Waals surface area contributed by atoms with Crippen molar-refractivity contribution in [1.29, 1.82) is 0 Å². The molecule has 2 rings (SSSR count). The molecule has 0 saturated heterocycles. The maximum atomic E-state index is 13.3. The Kier molecular flexibility index (Phi) is 3.47. The van der Waals surface area contributed by atoms with Gasteiger partial charge in [0.15, 0.2) is 17.3 Å². The Hall–Kier alpha value is -2.08. The zero-order valence-corrected chi connectivity index (χ0v) is 9.60. The van der Waals surface area contributed by atoms with E-state index >= 15 is 0 Å². The Morgan fingerprint density at radius 3 is 2.44 bits per heavy atom. The van der Waals surface area contributed by atoms with E-state index in [0.717, 1.165) is 12.1 Å². The Balaban J connectivity index is 2.18. The fourth-order valence-electron chi connectivity index (χ4n) is 1.30. The van der Waals surface area contributed by atoms with Crippen LogP contribution >= 0.6 is 0 Å². The molecular formula is C12H11F2N3O. The lowest BCUT2D eigenvalue weighted by molar-refractivity contribution is 0.433. The molecule has 1 aromatic carbocycles. The first-order valence-electron chi connectivity index (χ1n) is 5.26. The van der Waals surface area contributed by atoms with Gasteiger partial charge in [-0.05, 0) is 19.1 Å². The highest BCUT2D eigenvalue weighted by molar-refractivity contribution is 5.29. The van der Waals surface area contributed by atoms with E-state index in [1.807, 2.05) is 0 Å². The van der Waals surface area contributed by atoms with Gasteiger partial charge in [-0.1, -0.05) is 0 Å². The SMILES string of the molecule is CC(N)c1ncc(Oc2ccc(F)cc2F)cn1. The number of ether oxygens (including phenoxy) is 1. The van der Waals surface area contributed by atoms with E-state index in [1.165, 1.54) is 18.5 Å². The van der Waals surface area contributed by atoms with Gasteiger partial charge in [0.05, 0.1) is 18.4 Å². The third kappa shape index (κ3) is 2.78. The van der Waals surface area contributed by atoms with Crippen molar-refractivity contribution in [1.82, 2.24) is 9.97 Å². The second kappa shape index (κ2) is 5.05. The van der Waals surface area contributed by atoms with Crippen LogP contribution in [0.4, 0.5) is 8.78 Å². The van der Waals surface area contributed by atoms with Gasteiger partial charge in [-0.15, -0.1) is 0 Å². The van der Waals surface area contributed by atoms with Gasteiger partial charge in [-0.3, -0.25) is 0 Å². The summed E-state index contributed by atoms with van der Waals surface area (Å²) in [4.78, 5) is 7.93. The molecule has 2 aromatic rings. The molecule has 0 amide bonds. The Labute approximate surface area is 102 Å². The van der Waals surface area contributed by atoms with Crippen molar-refractivity contribution in [2.45, 2.75) is 13.0 Å². The predicted molar refractivity (Wildman–Crippen MR) is 61.1 cm³/mol. The summed E-state index contributed by atoms with van der Waals surface area (Å²) in [5.74, 6) is -0.824. The average Bonchev–Trinajstić information content (AvgIpc) is 2.33. The van der Waals surface area contributed by atoms with Gasteiger partial charge < -0.3 is 10.5 Å². The van der Waals surface area contributed by atoms with Gasteiger partial charge in [0, 0.05) is 6.07 Å². The van der Waals surface area contributed by atoms with Crippen molar-refractivity contribution in [2.24, 2.45) is 5.73 Å². The van der Waals surface area contributed by atoms with Crippen molar-refractivity contribution in [3.05, 3.63) is 48.1 Å². The molecule has 0 aliphatic carbocycles. The molecular weight excluding hydrogens is 240 g/mol. The normalized spacial score (nSPS) is 12.2. The lowest BCUT2D eigenvalue weighted by atomic mass is 10.3. The molecule has 1 atom stereocenters. The minimum atomic E-state index is -0.786. The predicted octanol–water partition coefficient (Wildman–Crippen LogP) is 2.57. The highest BCUT2D eigenvalue weighted by Gasteiger charge is 2.08. The number of nitrogens with two attached hydrogens (primary N) is 1.